The van der Waals surface area contributed by atoms with E-state index in [1.807, 2.05) is 12.1 Å². The second-order valence-electron chi connectivity index (χ2n) is 7.19. The van der Waals surface area contributed by atoms with Crippen LogP contribution in [0.25, 0.3) is 0 Å². The summed E-state index contributed by atoms with van der Waals surface area (Å²) in [6, 6.07) is 3.94. The summed E-state index contributed by atoms with van der Waals surface area (Å²) in [6.45, 7) is 4.29. The van der Waals surface area contributed by atoms with E-state index in [1.54, 1.807) is 25.3 Å². The molecule has 2 aliphatic heterocycles. The molecule has 2 aliphatic rings. The van der Waals surface area contributed by atoms with Gasteiger partial charge in [-0.15, -0.1) is 0 Å². The van der Waals surface area contributed by atoms with Crippen molar-refractivity contribution in [3.63, 3.8) is 0 Å². The first-order valence-corrected chi connectivity index (χ1v) is 8.73. The fourth-order valence-corrected chi connectivity index (χ4v) is 3.82. The maximum atomic E-state index is 11.8. The molecule has 3 rings (SSSR count). The Morgan fingerprint density at radius 1 is 1.50 bits per heavy atom. The van der Waals surface area contributed by atoms with Crippen molar-refractivity contribution in [1.82, 2.24) is 9.80 Å². The van der Waals surface area contributed by atoms with Crippen LogP contribution in [0.15, 0.2) is 22.8 Å². The molecule has 2 saturated heterocycles. The van der Waals surface area contributed by atoms with Crippen LogP contribution in [0.5, 0.6) is 0 Å². The summed E-state index contributed by atoms with van der Waals surface area (Å²) >= 11 is 0. The van der Waals surface area contributed by atoms with E-state index in [4.69, 9.17) is 13.9 Å². The molecule has 0 N–H and O–H groups in total. The van der Waals surface area contributed by atoms with Gasteiger partial charge in [0.1, 0.15) is 12.4 Å². The quantitative estimate of drug-likeness (QED) is 0.792. The van der Waals surface area contributed by atoms with Gasteiger partial charge in [0.2, 0.25) is 5.91 Å². The van der Waals surface area contributed by atoms with Crippen molar-refractivity contribution >= 4 is 5.91 Å². The second kappa shape index (κ2) is 7.68. The Bertz CT molecular complexity index is 531. The zero-order chi connectivity index (χ0) is 17.0. The number of amides is 1. The van der Waals surface area contributed by atoms with Crippen molar-refractivity contribution < 1.29 is 18.7 Å². The topological polar surface area (TPSA) is 55.2 Å². The first kappa shape index (κ1) is 17.5. The summed E-state index contributed by atoms with van der Waals surface area (Å²) < 4.78 is 17.4. The van der Waals surface area contributed by atoms with Crippen molar-refractivity contribution in [3.8, 4) is 0 Å². The fourth-order valence-electron chi connectivity index (χ4n) is 3.82. The van der Waals surface area contributed by atoms with Crippen molar-refractivity contribution in [2.24, 2.45) is 5.41 Å². The number of nitrogens with zero attached hydrogens (tertiary/aromatic N) is 2. The van der Waals surface area contributed by atoms with Gasteiger partial charge in [0, 0.05) is 39.2 Å². The first-order chi connectivity index (χ1) is 11.6. The normalized spacial score (nSPS) is 27.7. The molecule has 24 heavy (non-hydrogen) atoms. The summed E-state index contributed by atoms with van der Waals surface area (Å²) in [6.07, 6.45) is 5.09. The Morgan fingerprint density at radius 2 is 2.38 bits per heavy atom. The molecule has 6 heteroatoms. The number of carbonyl (C=O) groups excluding carboxylic acids is 1. The summed E-state index contributed by atoms with van der Waals surface area (Å²) in [7, 11) is 3.50. The molecule has 0 bridgehead atoms. The van der Waals surface area contributed by atoms with Crippen molar-refractivity contribution in [3.05, 3.63) is 24.2 Å². The summed E-state index contributed by atoms with van der Waals surface area (Å²) in [5.41, 5.74) is -0.0182. The predicted octanol–water partition coefficient (Wildman–Crippen LogP) is 1.76. The molecule has 0 spiro atoms. The molecular weight excluding hydrogens is 308 g/mol. The van der Waals surface area contributed by atoms with Gasteiger partial charge < -0.3 is 18.8 Å². The lowest BCUT2D eigenvalue weighted by atomic mass is 9.73. The minimum Gasteiger partial charge on any atom is -0.468 e. The molecule has 2 atom stereocenters. The van der Waals surface area contributed by atoms with E-state index in [-0.39, 0.29) is 24.0 Å². The first-order valence-electron chi connectivity index (χ1n) is 8.73. The van der Waals surface area contributed by atoms with Gasteiger partial charge in [-0.2, -0.15) is 0 Å². The molecule has 0 aliphatic carbocycles. The number of piperidine rings is 1. The number of carbonyl (C=O) groups is 1. The molecule has 0 aromatic carbocycles. The molecule has 2 fully saturated rings. The third-order valence-electron chi connectivity index (χ3n) is 5.14. The van der Waals surface area contributed by atoms with Gasteiger partial charge in [-0.3, -0.25) is 9.69 Å². The predicted molar refractivity (Wildman–Crippen MR) is 89.5 cm³/mol. The van der Waals surface area contributed by atoms with Gasteiger partial charge in [-0.25, -0.2) is 0 Å². The highest BCUT2D eigenvalue weighted by molar-refractivity contribution is 5.76. The Kier molecular flexibility index (Phi) is 5.58. The van der Waals surface area contributed by atoms with Crippen molar-refractivity contribution in [2.75, 3.05) is 47.0 Å². The summed E-state index contributed by atoms with van der Waals surface area (Å²) in [5, 5.41) is 0. The van der Waals surface area contributed by atoms with Gasteiger partial charge in [0.15, 0.2) is 0 Å². The number of rotatable bonds is 6. The highest BCUT2D eigenvalue weighted by Crippen LogP contribution is 2.40. The van der Waals surface area contributed by atoms with Crippen molar-refractivity contribution in [1.29, 1.82) is 0 Å². The fraction of sp³-hybridized carbons (Fsp3) is 0.722. The largest absolute Gasteiger partial charge is 0.468 e. The maximum Gasteiger partial charge on any atom is 0.248 e. The number of hydrogen-bond donors (Lipinski definition) is 0. The highest BCUT2D eigenvalue weighted by Gasteiger charge is 2.46. The lowest BCUT2D eigenvalue weighted by molar-refractivity contribution is -0.160. The maximum absolute atomic E-state index is 11.8. The molecule has 1 aromatic heterocycles. The molecule has 0 unspecified atom stereocenters. The number of fused-ring (bicyclic) bond motifs is 1. The molecule has 3 heterocycles. The molecule has 6 nitrogen and oxygen atoms in total. The molecule has 0 radical (unpaired) electrons. The average molecular weight is 336 g/mol. The van der Waals surface area contributed by atoms with Crippen LogP contribution in [-0.4, -0.2) is 68.8 Å². The molecule has 1 aromatic rings. The van der Waals surface area contributed by atoms with E-state index in [2.05, 4.69) is 4.90 Å². The van der Waals surface area contributed by atoms with Gasteiger partial charge in [0.25, 0.3) is 0 Å². The van der Waals surface area contributed by atoms with E-state index in [0.717, 1.165) is 51.3 Å². The van der Waals surface area contributed by atoms with Gasteiger partial charge in [-0.05, 0) is 31.4 Å². The Balaban J connectivity index is 1.62. The van der Waals surface area contributed by atoms with Crippen LogP contribution in [0.2, 0.25) is 0 Å². The van der Waals surface area contributed by atoms with E-state index >= 15 is 0 Å². The van der Waals surface area contributed by atoms with E-state index < -0.39 is 0 Å². The zero-order valence-corrected chi connectivity index (χ0v) is 14.7. The lowest BCUT2D eigenvalue weighted by Crippen LogP contribution is -2.56. The lowest BCUT2D eigenvalue weighted by Gasteiger charge is -2.50. The minimum absolute atomic E-state index is 0.00271. The Hall–Kier alpha value is -1.37. The third-order valence-corrected chi connectivity index (χ3v) is 5.14. The standard InChI is InChI=1S/C18H28N2O4/c1-19(2)17(21)12-22-14-18-7-4-10-24-16(18)6-8-20(13-18)11-15-5-3-9-23-15/h3,5,9,16H,4,6-8,10-14H2,1-2H3/t16-,18+/m0/s1. The minimum atomic E-state index is -0.0182. The monoisotopic (exact) mass is 336 g/mol. The second-order valence-corrected chi connectivity index (χ2v) is 7.19. The van der Waals surface area contributed by atoms with Gasteiger partial charge >= 0.3 is 0 Å². The van der Waals surface area contributed by atoms with E-state index in [1.165, 1.54) is 0 Å². The van der Waals surface area contributed by atoms with Crippen LogP contribution < -0.4 is 0 Å². The van der Waals surface area contributed by atoms with Crippen LogP contribution >= 0.6 is 0 Å². The van der Waals surface area contributed by atoms with Crippen LogP contribution in [0.3, 0.4) is 0 Å². The number of ether oxygens (including phenoxy) is 2. The number of furan rings is 1. The van der Waals surface area contributed by atoms with Gasteiger partial charge in [-0.1, -0.05) is 0 Å². The zero-order valence-electron chi connectivity index (χ0n) is 14.7. The van der Waals surface area contributed by atoms with Crippen LogP contribution in [0, 0.1) is 5.41 Å². The summed E-state index contributed by atoms with van der Waals surface area (Å²) in [4.78, 5) is 15.7. The molecule has 1 amide bonds. The number of likely N-dealkylation sites (N-methyl/N-ethyl adjacent to an activating group) is 1. The molecule has 0 saturated carbocycles. The van der Waals surface area contributed by atoms with E-state index in [0.29, 0.717) is 6.61 Å². The SMILES string of the molecule is CN(C)C(=O)COC[C@]12CCCO[C@H]1CCN(Cc1ccco1)C2. The van der Waals surface area contributed by atoms with E-state index in [9.17, 15) is 4.79 Å². The summed E-state index contributed by atoms with van der Waals surface area (Å²) in [5.74, 6) is 0.993. The highest BCUT2D eigenvalue weighted by atomic mass is 16.5. The smallest absolute Gasteiger partial charge is 0.248 e. The Labute approximate surface area is 143 Å². The third kappa shape index (κ3) is 3.99. The Morgan fingerprint density at radius 3 is 3.12 bits per heavy atom. The molecular formula is C18H28N2O4. The molecule has 134 valence electrons. The van der Waals surface area contributed by atoms with Gasteiger partial charge in [0.05, 0.1) is 25.5 Å². The van der Waals surface area contributed by atoms with Crippen molar-refractivity contribution in [2.45, 2.75) is 31.9 Å². The van der Waals surface area contributed by atoms with Crippen LogP contribution in [0.1, 0.15) is 25.0 Å². The van der Waals surface area contributed by atoms with Crippen LogP contribution in [0.4, 0.5) is 0 Å². The van der Waals surface area contributed by atoms with Crippen LogP contribution in [-0.2, 0) is 20.8 Å². The number of hydrogen-bond acceptors (Lipinski definition) is 5. The number of likely N-dealkylation sites (tertiary alicyclic amines) is 1. The average Bonchev–Trinajstić information content (AvgIpc) is 3.07.